The summed E-state index contributed by atoms with van der Waals surface area (Å²) in [6.07, 6.45) is -0.511. The predicted molar refractivity (Wildman–Crippen MR) is 126 cm³/mol. The fourth-order valence-electron chi connectivity index (χ4n) is 3.52. The van der Waals surface area contributed by atoms with Crippen molar-refractivity contribution in [2.45, 2.75) is 42.7 Å². The largest absolute Gasteiger partial charge is 0.490 e. The lowest BCUT2D eigenvalue weighted by Crippen LogP contribution is -2.40. The molecule has 180 valence electrons. The maximum atomic E-state index is 13.8. The van der Waals surface area contributed by atoms with Crippen LogP contribution in [0.1, 0.15) is 25.5 Å². The normalized spacial score (nSPS) is 15.1. The number of halogens is 2. The van der Waals surface area contributed by atoms with Crippen LogP contribution in [0.3, 0.4) is 0 Å². The van der Waals surface area contributed by atoms with Crippen LogP contribution in [0.25, 0.3) is 0 Å². The Morgan fingerprint density at radius 1 is 1.21 bits per heavy atom. The number of aryl methyl sites for hydroxylation is 1. The minimum Gasteiger partial charge on any atom is -0.490 e. The first kappa shape index (κ1) is 23.7. The molecule has 0 aliphatic carbocycles. The lowest BCUT2D eigenvalue weighted by atomic mass is 10.1. The summed E-state index contributed by atoms with van der Waals surface area (Å²) in [7, 11) is 1.50. The molecule has 1 fully saturated rings. The fraction of sp³-hybridized carbons (Fsp3) is 0.364. The van der Waals surface area contributed by atoms with Gasteiger partial charge in [0.2, 0.25) is 11.7 Å². The van der Waals surface area contributed by atoms with E-state index in [4.69, 9.17) is 4.74 Å². The summed E-state index contributed by atoms with van der Waals surface area (Å²) in [5.41, 5.74) is 1.54. The smallest absolute Gasteiger partial charge is 0.251 e. The number of ether oxygens (including phenoxy) is 1. The Morgan fingerprint density at radius 3 is 2.50 bits per heavy atom. The molecule has 0 spiro atoms. The number of alkyl halides is 2. The van der Waals surface area contributed by atoms with Crippen molar-refractivity contribution < 1.29 is 18.3 Å². The Hall–Kier alpha value is -3.41. The third kappa shape index (κ3) is 5.74. The van der Waals surface area contributed by atoms with Gasteiger partial charge in [0.1, 0.15) is 0 Å². The van der Waals surface area contributed by atoms with Gasteiger partial charge in [0.25, 0.3) is 5.92 Å². The molecule has 34 heavy (non-hydrogen) atoms. The third-order valence-electron chi connectivity index (χ3n) is 5.16. The maximum Gasteiger partial charge on any atom is 0.251 e. The van der Waals surface area contributed by atoms with E-state index in [1.54, 1.807) is 17.0 Å². The first-order valence-electron chi connectivity index (χ1n) is 10.7. The van der Waals surface area contributed by atoms with E-state index in [0.717, 1.165) is 10.6 Å². The van der Waals surface area contributed by atoms with Gasteiger partial charge in [-0.1, -0.05) is 0 Å². The quantitative estimate of drug-likeness (QED) is 0.413. The molecule has 4 rings (SSSR count). The van der Waals surface area contributed by atoms with Crippen molar-refractivity contribution in [3.8, 4) is 5.75 Å². The molecular formula is C22H25F2N7O2S. The molecule has 0 atom stereocenters. The number of anilines is 4. The summed E-state index contributed by atoms with van der Waals surface area (Å²) in [5, 5.41) is 13.3. The molecule has 1 aliphatic heterocycles. The van der Waals surface area contributed by atoms with Crippen molar-refractivity contribution in [1.29, 1.82) is 0 Å². The van der Waals surface area contributed by atoms with Gasteiger partial charge in [-0.2, -0.15) is 5.10 Å². The van der Waals surface area contributed by atoms with E-state index in [2.05, 4.69) is 30.8 Å². The van der Waals surface area contributed by atoms with Crippen LogP contribution in [0.4, 0.5) is 31.9 Å². The van der Waals surface area contributed by atoms with Crippen LogP contribution < -0.4 is 20.3 Å². The lowest BCUT2D eigenvalue weighted by Gasteiger charge is -2.33. The highest BCUT2D eigenvalue weighted by Gasteiger charge is 2.36. The first-order valence-corrected chi connectivity index (χ1v) is 11.5. The molecule has 1 saturated heterocycles. The number of piperidine rings is 1. The average Bonchev–Trinajstić information content (AvgIpc) is 3.19. The molecule has 2 aromatic heterocycles. The van der Waals surface area contributed by atoms with E-state index in [0.29, 0.717) is 34.0 Å². The molecule has 3 N–H and O–H groups in total. The van der Waals surface area contributed by atoms with E-state index in [-0.39, 0.29) is 31.8 Å². The number of nitrogens with one attached hydrogen (secondary N) is 3. The standard InChI is InChI=1S/C22H25F2N7O2S/c1-13-12-17(30-29-13)26-19-18(33-3)20(31-10-8-22(23,24)9-11-31)28-21(27-19)34-16-6-4-15(5-7-16)25-14(2)32/h4-7,12H,8-11H2,1-3H3,(H,25,32)(H2,26,27,28,29,30). The highest BCUT2D eigenvalue weighted by molar-refractivity contribution is 7.99. The summed E-state index contributed by atoms with van der Waals surface area (Å²) in [6.45, 7) is 3.62. The SMILES string of the molecule is COc1c(Nc2cc(C)[nH]n2)nc(Sc2ccc(NC(C)=O)cc2)nc1N1CCC(F)(F)CC1. The number of nitrogens with zero attached hydrogens (tertiary/aromatic N) is 4. The number of rotatable bonds is 7. The first-order chi connectivity index (χ1) is 16.2. The van der Waals surface area contributed by atoms with Gasteiger partial charge in [-0.25, -0.2) is 18.7 Å². The van der Waals surface area contributed by atoms with Crippen molar-refractivity contribution in [2.75, 3.05) is 35.7 Å². The Balaban J connectivity index is 1.67. The summed E-state index contributed by atoms with van der Waals surface area (Å²) in [4.78, 5) is 23.2. The Bertz CT molecular complexity index is 1160. The van der Waals surface area contributed by atoms with Crippen molar-refractivity contribution >= 4 is 40.8 Å². The van der Waals surface area contributed by atoms with E-state index in [9.17, 15) is 13.6 Å². The van der Waals surface area contributed by atoms with Crippen molar-refractivity contribution in [2.24, 2.45) is 0 Å². The number of amides is 1. The van der Waals surface area contributed by atoms with E-state index >= 15 is 0 Å². The van der Waals surface area contributed by atoms with Gasteiger partial charge in [-0.05, 0) is 43.0 Å². The number of methoxy groups -OCH3 is 1. The van der Waals surface area contributed by atoms with Crippen LogP contribution in [0, 0.1) is 6.92 Å². The highest BCUT2D eigenvalue weighted by atomic mass is 32.2. The number of hydrogen-bond donors (Lipinski definition) is 3. The Morgan fingerprint density at radius 2 is 1.91 bits per heavy atom. The zero-order chi connectivity index (χ0) is 24.3. The number of hydrogen-bond acceptors (Lipinski definition) is 8. The highest BCUT2D eigenvalue weighted by Crippen LogP contribution is 2.40. The zero-order valence-corrected chi connectivity index (χ0v) is 19.8. The number of aromatic nitrogens is 4. The minimum atomic E-state index is -2.68. The van der Waals surface area contributed by atoms with E-state index in [1.165, 1.54) is 25.8 Å². The number of benzene rings is 1. The van der Waals surface area contributed by atoms with Crippen molar-refractivity contribution in [1.82, 2.24) is 20.2 Å². The van der Waals surface area contributed by atoms with Gasteiger partial charge in [0, 0.05) is 55.2 Å². The second-order valence-electron chi connectivity index (χ2n) is 7.92. The maximum absolute atomic E-state index is 13.8. The van der Waals surface area contributed by atoms with Gasteiger partial charge >= 0.3 is 0 Å². The van der Waals surface area contributed by atoms with Gasteiger partial charge in [0.05, 0.1) is 7.11 Å². The topological polar surface area (TPSA) is 108 Å². The van der Waals surface area contributed by atoms with Crippen LogP contribution >= 0.6 is 11.8 Å². The molecule has 3 heterocycles. The summed E-state index contributed by atoms with van der Waals surface area (Å²) >= 11 is 1.31. The van der Waals surface area contributed by atoms with Crippen LogP contribution in [0.5, 0.6) is 5.75 Å². The van der Waals surface area contributed by atoms with E-state index < -0.39 is 5.92 Å². The van der Waals surface area contributed by atoms with Crippen LogP contribution in [0.15, 0.2) is 40.4 Å². The number of H-pyrrole nitrogens is 1. The van der Waals surface area contributed by atoms with E-state index in [1.807, 2.05) is 25.1 Å². The molecule has 1 aliphatic rings. The van der Waals surface area contributed by atoms with Gasteiger partial charge in [-0.15, -0.1) is 0 Å². The summed E-state index contributed by atoms with van der Waals surface area (Å²) in [5.74, 6) is -1.11. The molecule has 12 heteroatoms. The van der Waals surface area contributed by atoms with Crippen LogP contribution in [-0.2, 0) is 4.79 Å². The molecule has 0 saturated carbocycles. The Kier molecular flexibility index (Phi) is 6.87. The molecule has 1 amide bonds. The molecule has 0 unspecified atom stereocenters. The second-order valence-corrected chi connectivity index (χ2v) is 8.96. The molecule has 3 aromatic rings. The lowest BCUT2D eigenvalue weighted by molar-refractivity contribution is -0.114. The zero-order valence-electron chi connectivity index (χ0n) is 19.0. The molecule has 9 nitrogen and oxygen atoms in total. The fourth-order valence-corrected chi connectivity index (χ4v) is 4.27. The minimum absolute atomic E-state index is 0.150. The second kappa shape index (κ2) is 9.84. The van der Waals surface area contributed by atoms with Crippen LogP contribution in [0.2, 0.25) is 0 Å². The molecule has 0 radical (unpaired) electrons. The van der Waals surface area contributed by atoms with Gasteiger partial charge < -0.3 is 20.3 Å². The van der Waals surface area contributed by atoms with Gasteiger partial charge in [-0.3, -0.25) is 9.89 Å². The molecule has 0 bridgehead atoms. The number of aromatic amines is 1. The van der Waals surface area contributed by atoms with Crippen LogP contribution in [-0.4, -0.2) is 52.2 Å². The summed E-state index contributed by atoms with van der Waals surface area (Å²) in [6, 6.07) is 9.07. The monoisotopic (exact) mass is 489 g/mol. The average molecular weight is 490 g/mol. The predicted octanol–water partition coefficient (Wildman–Crippen LogP) is 4.61. The third-order valence-corrected chi connectivity index (χ3v) is 6.04. The van der Waals surface area contributed by atoms with Crippen molar-refractivity contribution in [3.05, 3.63) is 36.0 Å². The van der Waals surface area contributed by atoms with Crippen molar-refractivity contribution in [3.63, 3.8) is 0 Å². The summed E-state index contributed by atoms with van der Waals surface area (Å²) < 4.78 is 33.2. The number of carbonyl (C=O) groups is 1. The molecular weight excluding hydrogens is 464 g/mol. The molecule has 1 aromatic carbocycles. The number of carbonyl (C=O) groups excluding carboxylic acids is 1. The van der Waals surface area contributed by atoms with Gasteiger partial charge in [0.15, 0.2) is 22.6 Å². The Labute approximate surface area is 199 Å².